The maximum absolute atomic E-state index is 13.3. The first kappa shape index (κ1) is 19.2. The van der Waals surface area contributed by atoms with E-state index >= 15 is 0 Å². The minimum atomic E-state index is -0.511. The number of hydrogen-bond acceptors (Lipinski definition) is 3. The van der Waals surface area contributed by atoms with E-state index < -0.39 is 5.60 Å². The molecule has 2 aromatic carbocycles. The standard InChI is InChI=1S/C26H29NO3/c1-14-11-19-20(12-15(14)2)24-22-18(16-7-9-17(29-6)10-8-16)13-21(22)23(19)27(24)25(28)30-26(3,4)5/h7-13,21-24H,1-6H3. The van der Waals surface area contributed by atoms with Crippen LogP contribution in [-0.2, 0) is 4.74 Å². The van der Waals surface area contributed by atoms with E-state index in [4.69, 9.17) is 9.47 Å². The van der Waals surface area contributed by atoms with Crippen molar-refractivity contribution in [2.24, 2.45) is 11.8 Å². The summed E-state index contributed by atoms with van der Waals surface area (Å²) in [5.41, 5.74) is 7.15. The first-order valence-electron chi connectivity index (χ1n) is 10.7. The van der Waals surface area contributed by atoms with Crippen LogP contribution in [0.15, 0.2) is 42.5 Å². The molecule has 1 fully saturated rings. The Kier molecular flexibility index (Phi) is 4.08. The number of benzene rings is 2. The van der Waals surface area contributed by atoms with Crippen molar-refractivity contribution in [1.29, 1.82) is 0 Å². The van der Waals surface area contributed by atoms with E-state index in [1.165, 1.54) is 33.4 Å². The molecule has 0 saturated carbocycles. The van der Waals surface area contributed by atoms with Gasteiger partial charge in [0.1, 0.15) is 11.4 Å². The summed E-state index contributed by atoms with van der Waals surface area (Å²) in [4.78, 5) is 15.3. The van der Waals surface area contributed by atoms with Gasteiger partial charge < -0.3 is 9.47 Å². The van der Waals surface area contributed by atoms with Gasteiger partial charge in [-0.25, -0.2) is 4.79 Å². The normalized spacial score (nSPS) is 25.9. The maximum atomic E-state index is 13.3. The maximum Gasteiger partial charge on any atom is 0.411 e. The lowest BCUT2D eigenvalue weighted by atomic mass is 9.63. The summed E-state index contributed by atoms with van der Waals surface area (Å²) >= 11 is 0. The number of aryl methyl sites for hydroxylation is 2. The molecule has 0 N–H and O–H groups in total. The molecule has 0 aromatic heterocycles. The highest BCUT2D eigenvalue weighted by Gasteiger charge is 2.62. The van der Waals surface area contributed by atoms with Gasteiger partial charge in [0.05, 0.1) is 19.2 Å². The van der Waals surface area contributed by atoms with Gasteiger partial charge in [-0.1, -0.05) is 30.3 Å². The number of methoxy groups -OCH3 is 1. The largest absolute Gasteiger partial charge is 0.497 e. The molecule has 0 radical (unpaired) electrons. The highest BCUT2D eigenvalue weighted by atomic mass is 16.6. The second-order valence-corrected chi connectivity index (χ2v) is 9.80. The molecule has 5 rings (SSSR count). The van der Waals surface area contributed by atoms with Gasteiger partial charge in [-0.05, 0) is 80.1 Å². The zero-order valence-electron chi connectivity index (χ0n) is 18.5. The Labute approximate surface area is 178 Å². The molecule has 156 valence electrons. The van der Waals surface area contributed by atoms with Crippen LogP contribution < -0.4 is 4.74 Å². The summed E-state index contributed by atoms with van der Waals surface area (Å²) in [5, 5.41) is 0. The number of ether oxygens (including phenoxy) is 2. The van der Waals surface area contributed by atoms with Crippen LogP contribution in [0.4, 0.5) is 4.79 Å². The highest BCUT2D eigenvalue weighted by molar-refractivity contribution is 5.81. The molecule has 2 bridgehead atoms. The van der Waals surface area contributed by atoms with Gasteiger partial charge in [0, 0.05) is 11.8 Å². The van der Waals surface area contributed by atoms with Crippen molar-refractivity contribution in [2.75, 3.05) is 7.11 Å². The zero-order chi connectivity index (χ0) is 21.4. The monoisotopic (exact) mass is 403 g/mol. The average molecular weight is 404 g/mol. The lowest BCUT2D eigenvalue weighted by Crippen LogP contribution is -2.35. The van der Waals surface area contributed by atoms with Crippen molar-refractivity contribution in [2.45, 2.75) is 52.3 Å². The van der Waals surface area contributed by atoms with Crippen LogP contribution in [0.5, 0.6) is 5.75 Å². The summed E-state index contributed by atoms with van der Waals surface area (Å²) in [5.74, 6) is 1.51. The lowest BCUT2D eigenvalue weighted by Gasteiger charge is -2.39. The third-order valence-electron chi connectivity index (χ3n) is 6.81. The number of nitrogens with zero attached hydrogens (tertiary/aromatic N) is 1. The summed E-state index contributed by atoms with van der Waals surface area (Å²) < 4.78 is 11.2. The quantitative estimate of drug-likeness (QED) is 0.618. The Hall–Kier alpha value is -2.75. The molecule has 2 aliphatic heterocycles. The van der Waals surface area contributed by atoms with Crippen molar-refractivity contribution in [3.8, 4) is 5.75 Å². The van der Waals surface area contributed by atoms with Crippen LogP contribution in [0, 0.1) is 25.7 Å². The number of carbonyl (C=O) groups excluding carboxylic acids is 1. The Morgan fingerprint density at radius 2 is 1.57 bits per heavy atom. The van der Waals surface area contributed by atoms with E-state index in [2.05, 4.69) is 44.2 Å². The van der Waals surface area contributed by atoms with E-state index in [-0.39, 0.29) is 18.2 Å². The Morgan fingerprint density at radius 3 is 2.13 bits per heavy atom. The average Bonchev–Trinajstić information content (AvgIpc) is 3.08. The van der Waals surface area contributed by atoms with Crippen molar-refractivity contribution in [3.05, 3.63) is 70.3 Å². The fraction of sp³-hybridized carbons (Fsp3) is 0.423. The third kappa shape index (κ3) is 2.69. The Balaban J connectivity index is 1.55. The number of carbonyl (C=O) groups is 1. The Morgan fingerprint density at radius 1 is 0.967 bits per heavy atom. The molecule has 3 aliphatic rings. The molecule has 4 nitrogen and oxygen atoms in total. The predicted molar refractivity (Wildman–Crippen MR) is 117 cm³/mol. The molecule has 4 unspecified atom stereocenters. The topological polar surface area (TPSA) is 38.8 Å². The number of rotatable bonds is 2. The van der Waals surface area contributed by atoms with Crippen LogP contribution in [0.1, 0.15) is 60.7 Å². The first-order valence-corrected chi connectivity index (χ1v) is 10.7. The molecular formula is C26H29NO3. The fourth-order valence-corrected chi connectivity index (χ4v) is 5.40. The van der Waals surface area contributed by atoms with Gasteiger partial charge in [0.15, 0.2) is 0 Å². The third-order valence-corrected chi connectivity index (χ3v) is 6.81. The minimum absolute atomic E-state index is 0.0336. The van der Waals surface area contributed by atoms with Crippen LogP contribution in [0.2, 0.25) is 0 Å². The van der Waals surface area contributed by atoms with Gasteiger partial charge in [-0.3, -0.25) is 4.90 Å². The summed E-state index contributed by atoms with van der Waals surface area (Å²) in [6.45, 7) is 10.1. The van der Waals surface area contributed by atoms with Crippen LogP contribution >= 0.6 is 0 Å². The molecule has 4 atom stereocenters. The summed E-state index contributed by atoms with van der Waals surface area (Å²) in [6, 6.07) is 12.9. The predicted octanol–water partition coefficient (Wildman–Crippen LogP) is 5.99. The summed E-state index contributed by atoms with van der Waals surface area (Å²) in [7, 11) is 1.68. The Bertz CT molecular complexity index is 1060. The molecule has 30 heavy (non-hydrogen) atoms. The smallest absolute Gasteiger partial charge is 0.411 e. The molecule has 1 saturated heterocycles. The molecule has 0 spiro atoms. The fourth-order valence-electron chi connectivity index (χ4n) is 5.40. The zero-order valence-corrected chi connectivity index (χ0v) is 18.5. The van der Waals surface area contributed by atoms with Gasteiger partial charge in [-0.2, -0.15) is 0 Å². The second kappa shape index (κ2) is 6.37. The van der Waals surface area contributed by atoms with E-state index in [0.29, 0.717) is 11.8 Å². The molecule has 2 heterocycles. The van der Waals surface area contributed by atoms with E-state index in [1.54, 1.807) is 7.11 Å². The van der Waals surface area contributed by atoms with Crippen LogP contribution in [0.25, 0.3) is 5.57 Å². The molecule has 1 aliphatic carbocycles. The SMILES string of the molecule is COc1ccc(C2=CC3C2C2c4cc(C)c(C)cc4C3N2C(=O)OC(C)(C)C)cc1. The van der Waals surface area contributed by atoms with Gasteiger partial charge >= 0.3 is 6.09 Å². The van der Waals surface area contributed by atoms with Gasteiger partial charge in [0.25, 0.3) is 0 Å². The summed E-state index contributed by atoms with van der Waals surface area (Å²) in [6.07, 6.45) is 2.15. The molecule has 2 aromatic rings. The van der Waals surface area contributed by atoms with Crippen molar-refractivity contribution in [3.63, 3.8) is 0 Å². The molecular weight excluding hydrogens is 374 g/mol. The van der Waals surface area contributed by atoms with Crippen molar-refractivity contribution < 1.29 is 14.3 Å². The highest BCUT2D eigenvalue weighted by Crippen LogP contribution is 2.68. The van der Waals surface area contributed by atoms with Crippen molar-refractivity contribution in [1.82, 2.24) is 4.90 Å². The molecule has 1 amide bonds. The van der Waals surface area contributed by atoms with Crippen molar-refractivity contribution >= 4 is 11.7 Å². The van der Waals surface area contributed by atoms with Crippen LogP contribution in [-0.4, -0.2) is 23.7 Å². The van der Waals surface area contributed by atoms with E-state index in [0.717, 1.165) is 5.75 Å². The van der Waals surface area contributed by atoms with E-state index in [1.807, 2.05) is 37.8 Å². The van der Waals surface area contributed by atoms with Gasteiger partial charge in [0.2, 0.25) is 0 Å². The molecule has 4 heteroatoms. The van der Waals surface area contributed by atoms with E-state index in [9.17, 15) is 4.79 Å². The number of amides is 1. The second-order valence-electron chi connectivity index (χ2n) is 9.80. The first-order chi connectivity index (χ1) is 14.2. The lowest BCUT2D eigenvalue weighted by molar-refractivity contribution is 0.0166. The van der Waals surface area contributed by atoms with Gasteiger partial charge in [-0.15, -0.1) is 0 Å². The number of hydrogen-bond donors (Lipinski definition) is 0. The minimum Gasteiger partial charge on any atom is -0.497 e. The van der Waals surface area contributed by atoms with Crippen LogP contribution in [0.3, 0.4) is 0 Å². The number of fused-ring (bicyclic) bond motifs is 8.